The topological polar surface area (TPSA) is 88.6 Å². The Morgan fingerprint density at radius 3 is 2.62 bits per heavy atom. The number of ether oxygens (including phenoxy) is 1. The summed E-state index contributed by atoms with van der Waals surface area (Å²) >= 11 is 1.61. The molecule has 1 saturated carbocycles. The number of para-hydroxylation sites is 1. The number of carbonyl (C=O) groups excluding carboxylic acids is 3. The number of nitrogens with one attached hydrogen (secondary N) is 1. The van der Waals surface area contributed by atoms with E-state index in [0.29, 0.717) is 6.42 Å². The van der Waals surface area contributed by atoms with Crippen LogP contribution >= 0.6 is 11.3 Å². The minimum Gasteiger partial charge on any atom is -0.455 e. The van der Waals surface area contributed by atoms with Crippen molar-refractivity contribution in [3.63, 3.8) is 0 Å². The number of amides is 2. The third-order valence-electron chi connectivity index (χ3n) is 5.48. The van der Waals surface area contributed by atoms with Gasteiger partial charge in [0.25, 0.3) is 5.91 Å². The zero-order valence-corrected chi connectivity index (χ0v) is 17.7. The van der Waals surface area contributed by atoms with Crippen molar-refractivity contribution in [1.82, 2.24) is 15.2 Å². The highest BCUT2D eigenvalue weighted by molar-refractivity contribution is 7.18. The maximum atomic E-state index is 13.0. The molecule has 0 unspecified atom stereocenters. The first-order valence-corrected chi connectivity index (χ1v) is 10.7. The Morgan fingerprint density at radius 2 is 1.93 bits per heavy atom. The average Bonchev–Trinajstić information content (AvgIpc) is 3.14. The molecule has 0 saturated heterocycles. The van der Waals surface area contributed by atoms with Crippen LogP contribution in [-0.4, -0.2) is 54.9 Å². The van der Waals surface area contributed by atoms with Crippen molar-refractivity contribution in [3.05, 3.63) is 29.3 Å². The van der Waals surface area contributed by atoms with E-state index in [1.54, 1.807) is 11.3 Å². The molecular formula is C21H27N3O4S. The van der Waals surface area contributed by atoms with Crippen molar-refractivity contribution in [2.75, 3.05) is 27.2 Å². The van der Waals surface area contributed by atoms with Gasteiger partial charge in [0.1, 0.15) is 0 Å². The first-order valence-electron chi connectivity index (χ1n) is 9.90. The van der Waals surface area contributed by atoms with Crippen LogP contribution in [0.4, 0.5) is 0 Å². The molecule has 8 heteroatoms. The molecule has 2 aromatic rings. The van der Waals surface area contributed by atoms with Crippen molar-refractivity contribution < 1.29 is 19.1 Å². The molecule has 29 heavy (non-hydrogen) atoms. The summed E-state index contributed by atoms with van der Waals surface area (Å²) in [7, 11) is 3.03. The fraction of sp³-hybridized carbons (Fsp3) is 0.524. The van der Waals surface area contributed by atoms with E-state index in [1.807, 2.05) is 24.3 Å². The van der Waals surface area contributed by atoms with E-state index >= 15 is 0 Å². The largest absolute Gasteiger partial charge is 0.455 e. The Balaban J connectivity index is 1.68. The lowest BCUT2D eigenvalue weighted by Gasteiger charge is -2.34. The number of fused-ring (bicyclic) bond motifs is 1. The summed E-state index contributed by atoms with van der Waals surface area (Å²) in [6.07, 6.45) is 5.04. The zero-order valence-electron chi connectivity index (χ0n) is 16.9. The van der Waals surface area contributed by atoms with Gasteiger partial charge in [0.05, 0.1) is 27.2 Å². The van der Waals surface area contributed by atoms with Gasteiger partial charge in [-0.15, -0.1) is 11.3 Å². The second-order valence-corrected chi connectivity index (χ2v) is 8.71. The SMILES string of the molecule is CNC(=O)CN(C)C(=O)COC(=O)C1(Cc2nc3ccccc3s2)CCCCC1. The lowest BCUT2D eigenvalue weighted by molar-refractivity contribution is -0.163. The number of esters is 1. The van der Waals surface area contributed by atoms with Gasteiger partial charge in [0.15, 0.2) is 6.61 Å². The van der Waals surface area contributed by atoms with Crippen LogP contribution in [0.3, 0.4) is 0 Å². The van der Waals surface area contributed by atoms with E-state index in [1.165, 1.54) is 19.0 Å². The molecule has 0 radical (unpaired) electrons. The first-order chi connectivity index (χ1) is 13.9. The summed E-state index contributed by atoms with van der Waals surface area (Å²) in [4.78, 5) is 42.6. The molecule has 7 nitrogen and oxygen atoms in total. The third-order valence-corrected chi connectivity index (χ3v) is 6.52. The van der Waals surface area contributed by atoms with Crippen LogP contribution in [0.1, 0.15) is 37.1 Å². The van der Waals surface area contributed by atoms with Gasteiger partial charge >= 0.3 is 5.97 Å². The molecule has 156 valence electrons. The van der Waals surface area contributed by atoms with Gasteiger partial charge in [-0.25, -0.2) is 4.98 Å². The summed E-state index contributed by atoms with van der Waals surface area (Å²) in [5.74, 6) is -1.00. The van der Waals surface area contributed by atoms with Crippen LogP contribution in [-0.2, 0) is 25.5 Å². The number of rotatable bonds is 7. The van der Waals surface area contributed by atoms with E-state index in [9.17, 15) is 14.4 Å². The third kappa shape index (κ3) is 5.12. The lowest BCUT2D eigenvalue weighted by Crippen LogP contribution is -2.41. The summed E-state index contributed by atoms with van der Waals surface area (Å²) in [6.45, 7) is -0.419. The highest BCUT2D eigenvalue weighted by Gasteiger charge is 2.42. The van der Waals surface area contributed by atoms with E-state index < -0.39 is 11.3 Å². The van der Waals surface area contributed by atoms with Crippen LogP contribution in [0.5, 0.6) is 0 Å². The highest BCUT2D eigenvalue weighted by atomic mass is 32.1. The Bertz CT molecular complexity index is 856. The van der Waals surface area contributed by atoms with Gasteiger partial charge in [-0.2, -0.15) is 0 Å². The molecule has 0 atom stereocenters. The molecule has 1 fully saturated rings. The molecule has 1 aromatic heterocycles. The Kier molecular flexibility index (Phi) is 6.84. The average molecular weight is 418 g/mol. The monoisotopic (exact) mass is 417 g/mol. The molecule has 0 bridgehead atoms. The first kappa shape index (κ1) is 21.2. The minimum atomic E-state index is -0.633. The van der Waals surface area contributed by atoms with Gasteiger partial charge in [-0.3, -0.25) is 14.4 Å². The number of hydrogen-bond acceptors (Lipinski definition) is 6. The molecule has 1 N–H and O–H groups in total. The van der Waals surface area contributed by atoms with E-state index in [0.717, 1.165) is 47.3 Å². The predicted molar refractivity (Wildman–Crippen MR) is 112 cm³/mol. The van der Waals surface area contributed by atoms with Gasteiger partial charge in [-0.05, 0) is 25.0 Å². The predicted octanol–water partition coefficient (Wildman–Crippen LogP) is 2.54. The number of nitrogens with zero attached hydrogens (tertiary/aromatic N) is 2. The number of likely N-dealkylation sites (N-methyl/N-ethyl adjacent to an activating group) is 2. The van der Waals surface area contributed by atoms with E-state index in [4.69, 9.17) is 9.72 Å². The van der Waals surface area contributed by atoms with Gasteiger partial charge in [-0.1, -0.05) is 31.4 Å². The molecule has 1 heterocycles. The second kappa shape index (κ2) is 9.35. The van der Waals surface area contributed by atoms with Crippen molar-refractivity contribution in [1.29, 1.82) is 0 Å². The summed E-state index contributed by atoms with van der Waals surface area (Å²) in [6, 6.07) is 7.94. The number of carbonyl (C=O) groups is 3. The van der Waals surface area contributed by atoms with E-state index in [-0.39, 0.29) is 25.0 Å². The number of hydrogen-bond donors (Lipinski definition) is 1. The van der Waals surface area contributed by atoms with E-state index in [2.05, 4.69) is 5.32 Å². The van der Waals surface area contributed by atoms with Crippen molar-refractivity contribution in [2.45, 2.75) is 38.5 Å². The van der Waals surface area contributed by atoms with Crippen molar-refractivity contribution in [3.8, 4) is 0 Å². The molecule has 1 aliphatic carbocycles. The molecule has 1 aliphatic rings. The standard InChI is InChI=1S/C21H27N3O4S/c1-22-17(25)13-24(2)19(26)14-28-20(27)21(10-6-3-7-11-21)12-18-23-15-8-4-5-9-16(15)29-18/h4-5,8-9H,3,6-7,10-14H2,1-2H3,(H,22,25). The Morgan fingerprint density at radius 1 is 1.21 bits per heavy atom. The molecule has 3 rings (SSSR count). The number of aromatic nitrogens is 1. The van der Waals surface area contributed by atoms with Crippen LogP contribution in [0.25, 0.3) is 10.2 Å². The van der Waals surface area contributed by atoms with Gasteiger partial charge < -0.3 is 15.0 Å². The Labute approximate surface area is 174 Å². The van der Waals surface area contributed by atoms with Crippen LogP contribution < -0.4 is 5.32 Å². The zero-order chi connectivity index (χ0) is 20.9. The normalized spacial score (nSPS) is 15.7. The fourth-order valence-corrected chi connectivity index (χ4v) is 4.85. The molecule has 0 aliphatic heterocycles. The minimum absolute atomic E-state index is 0.0657. The van der Waals surface area contributed by atoms with Crippen molar-refractivity contribution in [2.24, 2.45) is 5.41 Å². The summed E-state index contributed by atoms with van der Waals surface area (Å²) < 4.78 is 6.55. The molecule has 0 spiro atoms. The highest BCUT2D eigenvalue weighted by Crippen LogP contribution is 2.41. The second-order valence-electron chi connectivity index (χ2n) is 7.59. The fourth-order valence-electron chi connectivity index (χ4n) is 3.74. The molecular weight excluding hydrogens is 390 g/mol. The lowest BCUT2D eigenvalue weighted by atomic mass is 9.72. The van der Waals surface area contributed by atoms with Gasteiger partial charge in [0, 0.05) is 20.5 Å². The quantitative estimate of drug-likeness (QED) is 0.700. The maximum absolute atomic E-state index is 13.0. The summed E-state index contributed by atoms with van der Waals surface area (Å²) in [5.41, 5.74) is 0.309. The number of thiazole rings is 1. The number of benzene rings is 1. The smallest absolute Gasteiger partial charge is 0.313 e. The molecule has 2 amide bonds. The van der Waals surface area contributed by atoms with Crippen molar-refractivity contribution >= 4 is 39.3 Å². The molecule has 1 aromatic carbocycles. The maximum Gasteiger partial charge on any atom is 0.313 e. The Hall–Kier alpha value is -2.48. The van der Waals surface area contributed by atoms with Gasteiger partial charge in [0.2, 0.25) is 5.91 Å². The van der Waals surface area contributed by atoms with Crippen LogP contribution in [0, 0.1) is 5.41 Å². The van der Waals surface area contributed by atoms with Crippen LogP contribution in [0.2, 0.25) is 0 Å². The summed E-state index contributed by atoms with van der Waals surface area (Å²) in [5, 5.41) is 3.39. The van der Waals surface area contributed by atoms with Crippen LogP contribution in [0.15, 0.2) is 24.3 Å².